The lowest BCUT2D eigenvalue weighted by molar-refractivity contribution is 0.491. The summed E-state index contributed by atoms with van der Waals surface area (Å²) in [5, 5.41) is 20.1. The van der Waals surface area contributed by atoms with Crippen LogP contribution in [0.1, 0.15) is 17.0 Å². The average molecular weight is 363 g/mol. The van der Waals surface area contributed by atoms with Gasteiger partial charge in [-0.2, -0.15) is 15.0 Å². The van der Waals surface area contributed by atoms with Gasteiger partial charge in [-0.3, -0.25) is 0 Å². The summed E-state index contributed by atoms with van der Waals surface area (Å²) in [6.45, 7) is 1.86. The molecular weight excluding hydrogens is 350 g/mol. The van der Waals surface area contributed by atoms with E-state index in [2.05, 4.69) is 16.3 Å². The Balaban J connectivity index is 1.80. The second-order valence-electron chi connectivity index (χ2n) is 5.57. The summed E-state index contributed by atoms with van der Waals surface area (Å²) in [5.74, 6) is -0.304. The van der Waals surface area contributed by atoms with Gasteiger partial charge in [-0.1, -0.05) is 24.3 Å². The maximum Gasteiger partial charge on any atom is 0.437 e. The van der Waals surface area contributed by atoms with E-state index >= 15 is 0 Å². The van der Waals surface area contributed by atoms with Gasteiger partial charge in [0.15, 0.2) is 0 Å². The quantitative estimate of drug-likeness (QED) is 0.556. The van der Waals surface area contributed by atoms with E-state index in [4.69, 9.17) is 4.42 Å². The highest BCUT2D eigenvalue weighted by Gasteiger charge is 2.19. The largest absolute Gasteiger partial charge is 0.437 e. The molecular formula is C18H13N5O2S. The fourth-order valence-electron chi connectivity index (χ4n) is 2.70. The van der Waals surface area contributed by atoms with E-state index in [-0.39, 0.29) is 12.4 Å². The van der Waals surface area contributed by atoms with Gasteiger partial charge >= 0.3 is 5.76 Å². The first-order chi connectivity index (χ1) is 12.7. The first-order valence-corrected chi connectivity index (χ1v) is 8.71. The molecule has 1 aromatic carbocycles. The van der Waals surface area contributed by atoms with E-state index < -0.39 is 5.76 Å². The van der Waals surface area contributed by atoms with Gasteiger partial charge in [0.05, 0.1) is 34.1 Å². The lowest BCUT2D eigenvalue weighted by atomic mass is 10.2. The van der Waals surface area contributed by atoms with Gasteiger partial charge in [0.25, 0.3) is 5.89 Å². The van der Waals surface area contributed by atoms with Crippen LogP contribution in [0.2, 0.25) is 0 Å². The molecule has 0 radical (unpaired) electrons. The zero-order valence-corrected chi connectivity index (χ0v) is 14.6. The van der Waals surface area contributed by atoms with Crippen LogP contribution < -0.4 is 5.76 Å². The maximum absolute atomic E-state index is 12.2. The van der Waals surface area contributed by atoms with E-state index in [1.165, 1.54) is 16.0 Å². The molecule has 3 heterocycles. The molecule has 0 spiro atoms. The number of benzene rings is 1. The Hall–Kier alpha value is -3.44. The highest BCUT2D eigenvalue weighted by Crippen LogP contribution is 2.22. The van der Waals surface area contributed by atoms with Gasteiger partial charge in [-0.05, 0) is 30.5 Å². The smallest absolute Gasteiger partial charge is 0.387 e. The summed E-state index contributed by atoms with van der Waals surface area (Å²) in [5.41, 5.74) is 2.43. The van der Waals surface area contributed by atoms with E-state index in [1.807, 2.05) is 47.8 Å². The van der Waals surface area contributed by atoms with Crippen molar-refractivity contribution in [3.05, 3.63) is 75.3 Å². The molecule has 0 amide bonds. The Morgan fingerprint density at radius 1 is 1.19 bits per heavy atom. The fourth-order valence-corrected chi connectivity index (χ4v) is 3.34. The van der Waals surface area contributed by atoms with Crippen molar-refractivity contribution >= 4 is 11.3 Å². The van der Waals surface area contributed by atoms with Crippen molar-refractivity contribution in [2.75, 3.05) is 0 Å². The van der Waals surface area contributed by atoms with Crippen molar-refractivity contribution in [2.45, 2.75) is 13.5 Å². The predicted octanol–water partition coefficient (Wildman–Crippen LogP) is 2.98. The molecule has 128 valence electrons. The number of nitrogens with zero attached hydrogens (tertiary/aromatic N) is 5. The Labute approximate surface area is 152 Å². The Morgan fingerprint density at radius 3 is 2.69 bits per heavy atom. The van der Waals surface area contributed by atoms with Crippen LogP contribution in [0.4, 0.5) is 0 Å². The number of nitriles is 1. The molecule has 3 aromatic heterocycles. The van der Waals surface area contributed by atoms with Crippen LogP contribution in [0.5, 0.6) is 0 Å². The standard InChI is InChI=1S/C18H13N5O2S/c1-12-14(10-19)15(23(20-12)13-6-3-2-4-7-13)11-22-18(24)25-17(21-22)16-8-5-9-26-16/h2-9H,11H2,1H3. The zero-order chi connectivity index (χ0) is 18.1. The summed E-state index contributed by atoms with van der Waals surface area (Å²) in [6, 6.07) is 15.3. The van der Waals surface area contributed by atoms with Gasteiger partial charge in [-0.25, -0.2) is 9.48 Å². The number of rotatable bonds is 4. The Kier molecular flexibility index (Phi) is 3.99. The number of aromatic nitrogens is 4. The van der Waals surface area contributed by atoms with Crippen molar-refractivity contribution in [1.82, 2.24) is 19.6 Å². The summed E-state index contributed by atoms with van der Waals surface area (Å²) in [4.78, 5) is 13.0. The zero-order valence-electron chi connectivity index (χ0n) is 13.8. The second-order valence-corrected chi connectivity index (χ2v) is 6.52. The summed E-state index contributed by atoms with van der Waals surface area (Å²) in [7, 11) is 0. The van der Waals surface area contributed by atoms with E-state index in [1.54, 1.807) is 11.6 Å². The topological polar surface area (TPSA) is 89.6 Å². The molecule has 0 aliphatic heterocycles. The molecule has 4 aromatic rings. The summed E-state index contributed by atoms with van der Waals surface area (Å²) >= 11 is 1.44. The average Bonchev–Trinajstić information content (AvgIpc) is 3.36. The van der Waals surface area contributed by atoms with Crippen molar-refractivity contribution in [3.8, 4) is 22.5 Å². The van der Waals surface area contributed by atoms with Crippen molar-refractivity contribution in [1.29, 1.82) is 5.26 Å². The molecule has 0 atom stereocenters. The summed E-state index contributed by atoms with van der Waals surface area (Å²) < 4.78 is 8.13. The van der Waals surface area contributed by atoms with Gasteiger partial charge in [0, 0.05) is 0 Å². The minimum absolute atomic E-state index is 0.0896. The van der Waals surface area contributed by atoms with E-state index in [0.717, 1.165) is 10.6 Å². The monoisotopic (exact) mass is 363 g/mol. The van der Waals surface area contributed by atoms with Crippen LogP contribution in [-0.4, -0.2) is 19.6 Å². The Bertz CT molecular complexity index is 1150. The first kappa shape index (κ1) is 16.1. The highest BCUT2D eigenvalue weighted by atomic mass is 32.1. The minimum Gasteiger partial charge on any atom is -0.387 e. The molecule has 0 bridgehead atoms. The third-order valence-corrected chi connectivity index (χ3v) is 4.76. The molecule has 0 unspecified atom stereocenters. The van der Waals surface area contributed by atoms with Crippen molar-refractivity contribution in [3.63, 3.8) is 0 Å². The maximum atomic E-state index is 12.2. The van der Waals surface area contributed by atoms with Gasteiger partial charge < -0.3 is 4.42 Å². The number of para-hydroxylation sites is 1. The van der Waals surface area contributed by atoms with E-state index in [0.29, 0.717) is 17.0 Å². The van der Waals surface area contributed by atoms with Crippen LogP contribution in [0.3, 0.4) is 0 Å². The second kappa shape index (κ2) is 6.46. The molecule has 7 nitrogen and oxygen atoms in total. The predicted molar refractivity (Wildman–Crippen MR) is 96.2 cm³/mol. The molecule has 8 heteroatoms. The number of hydrogen-bond donors (Lipinski definition) is 0. The SMILES string of the molecule is Cc1nn(-c2ccccc2)c(Cn2nc(-c3cccs3)oc2=O)c1C#N. The van der Waals surface area contributed by atoms with Crippen LogP contribution in [0.25, 0.3) is 16.5 Å². The number of hydrogen-bond acceptors (Lipinski definition) is 6. The highest BCUT2D eigenvalue weighted by molar-refractivity contribution is 7.13. The molecule has 0 aliphatic carbocycles. The van der Waals surface area contributed by atoms with Gasteiger partial charge in [-0.15, -0.1) is 16.4 Å². The van der Waals surface area contributed by atoms with Crippen LogP contribution in [-0.2, 0) is 6.54 Å². The molecule has 26 heavy (non-hydrogen) atoms. The van der Waals surface area contributed by atoms with Crippen LogP contribution in [0, 0.1) is 18.3 Å². The normalized spacial score (nSPS) is 10.8. The molecule has 0 aliphatic rings. The van der Waals surface area contributed by atoms with Crippen molar-refractivity contribution < 1.29 is 4.42 Å². The molecule has 0 saturated heterocycles. The van der Waals surface area contributed by atoms with Crippen LogP contribution in [0.15, 0.2) is 57.1 Å². The van der Waals surface area contributed by atoms with Crippen molar-refractivity contribution in [2.24, 2.45) is 0 Å². The molecule has 4 rings (SSSR count). The summed E-state index contributed by atoms with van der Waals surface area (Å²) in [6.07, 6.45) is 0. The Morgan fingerprint density at radius 2 is 2.00 bits per heavy atom. The number of thiophene rings is 1. The third-order valence-electron chi connectivity index (χ3n) is 3.91. The fraction of sp³-hybridized carbons (Fsp3) is 0.111. The van der Waals surface area contributed by atoms with E-state index in [9.17, 15) is 10.1 Å². The lowest BCUT2D eigenvalue weighted by Crippen LogP contribution is -2.19. The molecule has 0 saturated carbocycles. The van der Waals surface area contributed by atoms with Crippen LogP contribution >= 0.6 is 11.3 Å². The minimum atomic E-state index is -0.573. The van der Waals surface area contributed by atoms with Gasteiger partial charge in [0.1, 0.15) is 6.07 Å². The number of aryl methyl sites for hydroxylation is 1. The molecule has 0 N–H and O–H groups in total. The lowest BCUT2D eigenvalue weighted by Gasteiger charge is -2.07. The first-order valence-electron chi connectivity index (χ1n) is 7.83. The third kappa shape index (κ3) is 2.74. The van der Waals surface area contributed by atoms with Gasteiger partial charge in [0.2, 0.25) is 0 Å². The molecule has 0 fully saturated rings.